The maximum atomic E-state index is 12.3. The molecule has 0 aliphatic carbocycles. The Morgan fingerprint density at radius 2 is 1.95 bits per heavy atom. The summed E-state index contributed by atoms with van der Waals surface area (Å²) in [6.07, 6.45) is 1.58. The molecule has 1 fully saturated rings. The van der Waals surface area contributed by atoms with Gasteiger partial charge < -0.3 is 11.5 Å². The molecule has 1 aliphatic heterocycles. The van der Waals surface area contributed by atoms with Gasteiger partial charge in [-0.15, -0.1) is 0 Å². The Balaban J connectivity index is 2.02. The van der Waals surface area contributed by atoms with Crippen molar-refractivity contribution < 1.29 is 13.2 Å². The summed E-state index contributed by atoms with van der Waals surface area (Å²) < 4.78 is 24.6. The summed E-state index contributed by atoms with van der Waals surface area (Å²) in [5.41, 5.74) is 11.7. The Hall–Kier alpha value is -1.44. The van der Waals surface area contributed by atoms with Crippen LogP contribution in [0.25, 0.3) is 0 Å². The zero-order chi connectivity index (χ0) is 15.5. The van der Waals surface area contributed by atoms with Gasteiger partial charge in [-0.3, -0.25) is 9.69 Å². The van der Waals surface area contributed by atoms with E-state index in [9.17, 15) is 13.2 Å². The average Bonchev–Trinajstić information content (AvgIpc) is 2.94. The summed E-state index contributed by atoms with van der Waals surface area (Å²) in [7, 11) is -3.36. The van der Waals surface area contributed by atoms with Gasteiger partial charge in [0.2, 0.25) is 5.91 Å². The van der Waals surface area contributed by atoms with E-state index < -0.39 is 9.84 Å². The summed E-state index contributed by atoms with van der Waals surface area (Å²) in [6.45, 7) is 1.43. The molecule has 1 aliphatic rings. The van der Waals surface area contributed by atoms with Gasteiger partial charge in [-0.1, -0.05) is 12.1 Å². The zero-order valence-electron chi connectivity index (χ0n) is 11.9. The molecular weight excluding hydrogens is 290 g/mol. The molecule has 0 spiro atoms. The molecule has 0 radical (unpaired) electrons. The van der Waals surface area contributed by atoms with E-state index in [4.69, 9.17) is 11.5 Å². The van der Waals surface area contributed by atoms with Gasteiger partial charge in [0, 0.05) is 13.1 Å². The van der Waals surface area contributed by atoms with E-state index in [0.717, 1.165) is 18.5 Å². The van der Waals surface area contributed by atoms with E-state index in [1.165, 1.54) is 0 Å². The van der Waals surface area contributed by atoms with Crippen molar-refractivity contribution in [2.24, 2.45) is 11.5 Å². The summed E-state index contributed by atoms with van der Waals surface area (Å²) in [5.74, 6) is -0.393. The Morgan fingerprint density at radius 1 is 1.29 bits per heavy atom. The van der Waals surface area contributed by atoms with Crippen LogP contribution in [-0.2, 0) is 21.2 Å². The van der Waals surface area contributed by atoms with Crippen molar-refractivity contribution >= 4 is 15.7 Å². The highest BCUT2D eigenvalue weighted by Gasteiger charge is 2.29. The fourth-order valence-corrected chi connectivity index (χ4v) is 3.87. The predicted octanol–water partition coefficient (Wildman–Crippen LogP) is -0.131. The number of nitrogens with zero attached hydrogens (tertiary/aromatic N) is 1. The molecule has 1 aromatic carbocycles. The molecule has 0 aromatic heterocycles. The van der Waals surface area contributed by atoms with Gasteiger partial charge in [-0.25, -0.2) is 8.42 Å². The number of hydrogen-bond acceptors (Lipinski definition) is 5. The largest absolute Gasteiger partial charge is 0.368 e. The van der Waals surface area contributed by atoms with E-state index in [0.29, 0.717) is 19.5 Å². The number of benzene rings is 1. The molecule has 6 nitrogen and oxygen atoms in total. The lowest BCUT2D eigenvalue weighted by atomic mass is 10.2. The van der Waals surface area contributed by atoms with Crippen LogP contribution in [0.1, 0.15) is 18.4 Å². The minimum absolute atomic E-state index is 0.0151. The number of primary amides is 1. The van der Waals surface area contributed by atoms with Crippen LogP contribution in [0.2, 0.25) is 0 Å². The fourth-order valence-electron chi connectivity index (χ4n) is 2.60. The van der Waals surface area contributed by atoms with E-state index in [1.807, 2.05) is 4.90 Å². The Labute approximate surface area is 125 Å². The maximum Gasteiger partial charge on any atom is 0.234 e. The van der Waals surface area contributed by atoms with Gasteiger partial charge in [0.1, 0.15) is 0 Å². The van der Waals surface area contributed by atoms with E-state index in [2.05, 4.69) is 0 Å². The van der Waals surface area contributed by atoms with E-state index >= 15 is 0 Å². The van der Waals surface area contributed by atoms with Crippen molar-refractivity contribution in [2.45, 2.75) is 30.3 Å². The molecule has 1 heterocycles. The lowest BCUT2D eigenvalue weighted by Gasteiger charge is -2.21. The van der Waals surface area contributed by atoms with Gasteiger partial charge in [0.25, 0.3) is 0 Å². The number of amides is 1. The normalized spacial score (nSPS) is 19.8. The maximum absolute atomic E-state index is 12.3. The van der Waals surface area contributed by atoms with Gasteiger partial charge in [0.15, 0.2) is 9.84 Å². The van der Waals surface area contributed by atoms with Crippen molar-refractivity contribution in [2.75, 3.05) is 18.8 Å². The highest BCUT2D eigenvalue weighted by molar-refractivity contribution is 7.91. The third-order valence-corrected chi connectivity index (χ3v) is 5.57. The zero-order valence-corrected chi connectivity index (χ0v) is 12.7. The molecule has 0 bridgehead atoms. The Morgan fingerprint density at radius 3 is 2.52 bits per heavy atom. The Bertz CT molecular complexity index is 598. The molecule has 7 heteroatoms. The van der Waals surface area contributed by atoms with Crippen molar-refractivity contribution in [3.8, 4) is 0 Å². The number of likely N-dealkylation sites (tertiary alicyclic amines) is 1. The summed E-state index contributed by atoms with van der Waals surface area (Å²) in [6, 6.07) is 6.25. The van der Waals surface area contributed by atoms with Crippen LogP contribution in [0.4, 0.5) is 0 Å². The molecule has 1 aromatic rings. The standard InChI is InChI=1S/C14H21N3O3S/c15-10-11-3-5-12(6-4-11)21(19,20)9-8-17-7-1-2-13(17)14(16)18/h3-6,13H,1-2,7-10,15H2,(H2,16,18). The topological polar surface area (TPSA) is 106 Å². The highest BCUT2D eigenvalue weighted by atomic mass is 32.2. The summed E-state index contributed by atoms with van der Waals surface area (Å²) >= 11 is 0. The van der Waals surface area contributed by atoms with Gasteiger partial charge >= 0.3 is 0 Å². The van der Waals surface area contributed by atoms with Gasteiger partial charge in [0.05, 0.1) is 16.7 Å². The van der Waals surface area contributed by atoms with Crippen molar-refractivity contribution in [3.63, 3.8) is 0 Å². The summed E-state index contributed by atoms with van der Waals surface area (Å²) in [5, 5.41) is 0. The van der Waals surface area contributed by atoms with Crippen molar-refractivity contribution in [3.05, 3.63) is 29.8 Å². The molecule has 2 rings (SSSR count). The van der Waals surface area contributed by atoms with Crippen LogP contribution in [0.15, 0.2) is 29.2 Å². The minimum Gasteiger partial charge on any atom is -0.368 e. The number of hydrogen-bond donors (Lipinski definition) is 2. The highest BCUT2D eigenvalue weighted by Crippen LogP contribution is 2.18. The van der Waals surface area contributed by atoms with Crippen LogP contribution < -0.4 is 11.5 Å². The first-order valence-corrected chi connectivity index (χ1v) is 8.64. The second kappa shape index (κ2) is 6.55. The number of rotatable bonds is 6. The van der Waals surface area contributed by atoms with Crippen LogP contribution in [0, 0.1) is 0 Å². The first kappa shape index (κ1) is 15.9. The third-order valence-electron chi connectivity index (χ3n) is 3.86. The molecule has 4 N–H and O–H groups in total. The monoisotopic (exact) mass is 311 g/mol. The van der Waals surface area contributed by atoms with E-state index in [1.54, 1.807) is 24.3 Å². The average molecular weight is 311 g/mol. The number of sulfone groups is 1. The second-order valence-corrected chi connectivity index (χ2v) is 7.37. The van der Waals surface area contributed by atoms with Crippen LogP contribution in [-0.4, -0.2) is 44.1 Å². The lowest BCUT2D eigenvalue weighted by molar-refractivity contribution is -0.122. The quantitative estimate of drug-likeness (QED) is 0.761. The van der Waals surface area contributed by atoms with Crippen LogP contribution in [0.5, 0.6) is 0 Å². The number of carbonyl (C=O) groups excluding carboxylic acids is 1. The summed E-state index contributed by atoms with van der Waals surface area (Å²) in [4.78, 5) is 13.4. The number of nitrogens with two attached hydrogens (primary N) is 2. The fraction of sp³-hybridized carbons (Fsp3) is 0.500. The van der Waals surface area contributed by atoms with E-state index in [-0.39, 0.29) is 22.6 Å². The molecule has 116 valence electrons. The first-order valence-electron chi connectivity index (χ1n) is 6.99. The molecule has 21 heavy (non-hydrogen) atoms. The van der Waals surface area contributed by atoms with Crippen molar-refractivity contribution in [1.29, 1.82) is 0 Å². The third kappa shape index (κ3) is 3.81. The SMILES string of the molecule is NCc1ccc(S(=O)(=O)CCN2CCCC2C(N)=O)cc1. The first-order chi connectivity index (χ1) is 9.94. The molecular formula is C14H21N3O3S. The molecule has 0 saturated carbocycles. The van der Waals surface area contributed by atoms with Gasteiger partial charge in [-0.05, 0) is 37.1 Å². The smallest absolute Gasteiger partial charge is 0.234 e. The minimum atomic E-state index is -3.36. The lowest BCUT2D eigenvalue weighted by Crippen LogP contribution is -2.42. The van der Waals surface area contributed by atoms with Crippen LogP contribution >= 0.6 is 0 Å². The van der Waals surface area contributed by atoms with Crippen LogP contribution in [0.3, 0.4) is 0 Å². The second-order valence-electron chi connectivity index (χ2n) is 5.26. The van der Waals surface area contributed by atoms with Crippen molar-refractivity contribution in [1.82, 2.24) is 4.90 Å². The predicted molar refractivity (Wildman–Crippen MR) is 80.2 cm³/mol. The molecule has 1 unspecified atom stereocenters. The molecule has 1 saturated heterocycles. The molecule has 1 atom stereocenters. The Kier molecular flexibility index (Phi) is 4.97. The number of carbonyl (C=O) groups is 1. The molecule has 1 amide bonds. The van der Waals surface area contributed by atoms with Gasteiger partial charge in [-0.2, -0.15) is 0 Å².